The van der Waals surface area contributed by atoms with Crippen LogP contribution in [0.25, 0.3) is 6.08 Å². The molecule has 0 radical (unpaired) electrons. The number of hydrogen-bond acceptors (Lipinski definition) is 3. The summed E-state index contributed by atoms with van der Waals surface area (Å²) in [5, 5.41) is 9.63. The monoisotopic (exact) mass is 288 g/mol. The highest BCUT2D eigenvalue weighted by Crippen LogP contribution is 2.17. The molecule has 104 valence electrons. The number of benzene rings is 2. The van der Waals surface area contributed by atoms with E-state index in [4.69, 9.17) is 0 Å². The first-order chi connectivity index (χ1) is 9.47. The molecule has 0 aliphatic heterocycles. The molecule has 0 heterocycles. The Hall–Kier alpha value is -2.07. The zero-order chi connectivity index (χ0) is 14.6. The van der Waals surface area contributed by atoms with E-state index in [1.54, 1.807) is 36.4 Å². The van der Waals surface area contributed by atoms with Gasteiger partial charge in [-0.3, -0.25) is 0 Å². The summed E-state index contributed by atoms with van der Waals surface area (Å²) in [7, 11) is -3.15. The zero-order valence-corrected chi connectivity index (χ0v) is 12.0. The van der Waals surface area contributed by atoms with Gasteiger partial charge in [-0.15, -0.1) is 0 Å². The number of aromatic hydroxyl groups is 1. The number of sulfone groups is 1. The largest absolute Gasteiger partial charge is 0.508 e. The predicted octanol–water partition coefficient (Wildman–Crippen LogP) is 3.05. The maximum atomic E-state index is 11.3. The van der Waals surface area contributed by atoms with Crippen molar-refractivity contribution in [3.8, 4) is 5.75 Å². The first-order valence-electron chi connectivity index (χ1n) is 6.20. The molecule has 0 aliphatic carbocycles. The van der Waals surface area contributed by atoms with Gasteiger partial charge in [0.25, 0.3) is 0 Å². The topological polar surface area (TPSA) is 54.4 Å². The summed E-state index contributed by atoms with van der Waals surface area (Å²) >= 11 is 0. The maximum Gasteiger partial charge on any atom is 0.175 e. The van der Waals surface area contributed by atoms with Gasteiger partial charge in [0, 0.05) is 6.26 Å². The molecule has 0 aromatic heterocycles. The van der Waals surface area contributed by atoms with Crippen LogP contribution in [-0.4, -0.2) is 19.8 Å². The molecule has 0 bridgehead atoms. The Morgan fingerprint density at radius 1 is 1.05 bits per heavy atom. The molecule has 0 fully saturated rings. The fourth-order valence-electron chi connectivity index (χ4n) is 1.83. The molecule has 0 saturated carbocycles. The Balaban J connectivity index is 2.07. The summed E-state index contributed by atoms with van der Waals surface area (Å²) in [5.74, 6) is 0.282. The highest BCUT2D eigenvalue weighted by Gasteiger charge is 2.05. The van der Waals surface area contributed by atoms with Crippen molar-refractivity contribution in [2.24, 2.45) is 0 Å². The van der Waals surface area contributed by atoms with Gasteiger partial charge in [-0.1, -0.05) is 42.5 Å². The highest BCUT2D eigenvalue weighted by molar-refractivity contribution is 7.90. The molecular weight excluding hydrogens is 272 g/mol. The number of phenolic OH excluding ortho intramolecular Hbond substituents is 1. The molecule has 4 heteroatoms. The minimum atomic E-state index is -3.15. The van der Waals surface area contributed by atoms with E-state index >= 15 is 0 Å². The molecular formula is C16H16O3S. The fraction of sp³-hybridized carbons (Fsp3) is 0.125. The number of rotatable bonds is 4. The van der Waals surface area contributed by atoms with Crippen LogP contribution < -0.4 is 0 Å². The number of phenols is 1. The van der Waals surface area contributed by atoms with Crippen molar-refractivity contribution in [2.75, 3.05) is 6.26 Å². The van der Waals surface area contributed by atoms with E-state index in [2.05, 4.69) is 0 Å². The second-order valence-electron chi connectivity index (χ2n) is 4.58. The number of allylic oxidation sites excluding steroid dienone is 1. The molecule has 0 amide bonds. The van der Waals surface area contributed by atoms with E-state index < -0.39 is 9.84 Å². The van der Waals surface area contributed by atoms with Crippen molar-refractivity contribution < 1.29 is 13.5 Å². The van der Waals surface area contributed by atoms with Crippen molar-refractivity contribution in [1.29, 1.82) is 0 Å². The molecule has 0 saturated heterocycles. The summed E-state index contributed by atoms with van der Waals surface area (Å²) in [6, 6.07) is 13.9. The van der Waals surface area contributed by atoms with Crippen LogP contribution in [0.5, 0.6) is 5.75 Å². The van der Waals surface area contributed by atoms with Gasteiger partial charge in [-0.05, 0) is 35.7 Å². The lowest BCUT2D eigenvalue weighted by molar-refractivity contribution is 0.470. The summed E-state index contributed by atoms with van der Waals surface area (Å²) in [5.41, 5.74) is 1.78. The first kappa shape index (κ1) is 14.3. The summed E-state index contributed by atoms with van der Waals surface area (Å²) in [6.45, 7) is 0. The average Bonchev–Trinajstić information content (AvgIpc) is 2.40. The van der Waals surface area contributed by atoms with Gasteiger partial charge in [0.15, 0.2) is 9.84 Å². The van der Waals surface area contributed by atoms with Crippen LogP contribution in [0.15, 0.2) is 59.5 Å². The normalized spacial score (nSPS) is 11.8. The predicted molar refractivity (Wildman–Crippen MR) is 80.4 cm³/mol. The third-order valence-electron chi connectivity index (χ3n) is 2.95. The van der Waals surface area contributed by atoms with Crippen molar-refractivity contribution >= 4 is 15.9 Å². The summed E-state index contributed by atoms with van der Waals surface area (Å²) in [4.78, 5) is 0.315. The molecule has 0 unspecified atom stereocenters. The average molecular weight is 288 g/mol. The molecule has 0 spiro atoms. The van der Waals surface area contributed by atoms with E-state index in [9.17, 15) is 13.5 Å². The summed E-state index contributed by atoms with van der Waals surface area (Å²) < 4.78 is 22.7. The van der Waals surface area contributed by atoms with E-state index in [1.165, 1.54) is 6.26 Å². The van der Waals surface area contributed by atoms with Crippen LogP contribution >= 0.6 is 0 Å². The minimum absolute atomic E-state index is 0.282. The Kier molecular flexibility index (Phi) is 4.25. The van der Waals surface area contributed by atoms with Gasteiger partial charge < -0.3 is 5.11 Å². The molecule has 3 nitrogen and oxygen atoms in total. The minimum Gasteiger partial charge on any atom is -0.508 e. The van der Waals surface area contributed by atoms with E-state index in [0.717, 1.165) is 11.1 Å². The van der Waals surface area contributed by atoms with Crippen LogP contribution in [0.2, 0.25) is 0 Å². The second-order valence-corrected chi connectivity index (χ2v) is 6.59. The van der Waals surface area contributed by atoms with Crippen LogP contribution in [0.1, 0.15) is 11.1 Å². The zero-order valence-electron chi connectivity index (χ0n) is 11.2. The molecule has 2 aromatic rings. The molecule has 0 atom stereocenters. The van der Waals surface area contributed by atoms with Crippen molar-refractivity contribution in [1.82, 2.24) is 0 Å². The third kappa shape index (κ3) is 3.71. The van der Waals surface area contributed by atoms with Crippen molar-refractivity contribution in [3.05, 3.63) is 65.7 Å². The standard InChI is InChI=1S/C16H16O3S/c1-20(18,19)15-11-9-13(10-12-15)5-4-7-14-6-2-3-8-16(14)17/h2-6,8-12,17H,7H2,1H3/b5-4+. The van der Waals surface area contributed by atoms with Gasteiger partial charge in [-0.2, -0.15) is 0 Å². The van der Waals surface area contributed by atoms with Crippen molar-refractivity contribution in [2.45, 2.75) is 11.3 Å². The lowest BCUT2D eigenvalue weighted by Gasteiger charge is -2.00. The van der Waals surface area contributed by atoms with E-state index in [1.807, 2.05) is 24.3 Å². The second kappa shape index (κ2) is 5.92. The van der Waals surface area contributed by atoms with Crippen molar-refractivity contribution in [3.63, 3.8) is 0 Å². The Bertz CT molecular complexity index is 714. The van der Waals surface area contributed by atoms with Gasteiger partial charge in [0.05, 0.1) is 4.90 Å². The third-order valence-corrected chi connectivity index (χ3v) is 4.08. The Morgan fingerprint density at radius 3 is 2.30 bits per heavy atom. The Labute approximate surface area is 119 Å². The fourth-order valence-corrected chi connectivity index (χ4v) is 2.46. The van der Waals surface area contributed by atoms with E-state index in [-0.39, 0.29) is 5.75 Å². The van der Waals surface area contributed by atoms with Gasteiger partial charge >= 0.3 is 0 Å². The Morgan fingerprint density at radius 2 is 1.70 bits per heavy atom. The van der Waals surface area contributed by atoms with Crippen LogP contribution in [-0.2, 0) is 16.3 Å². The van der Waals surface area contributed by atoms with Crippen LogP contribution in [0, 0.1) is 0 Å². The lowest BCUT2D eigenvalue weighted by Crippen LogP contribution is -1.96. The van der Waals surface area contributed by atoms with Gasteiger partial charge in [0.2, 0.25) is 0 Å². The molecule has 1 N–H and O–H groups in total. The molecule has 0 aliphatic rings. The van der Waals surface area contributed by atoms with Gasteiger partial charge in [-0.25, -0.2) is 8.42 Å². The number of hydrogen-bond donors (Lipinski definition) is 1. The van der Waals surface area contributed by atoms with E-state index in [0.29, 0.717) is 11.3 Å². The quantitative estimate of drug-likeness (QED) is 0.940. The SMILES string of the molecule is CS(=O)(=O)c1ccc(/C=C/Cc2ccccc2O)cc1. The molecule has 2 aromatic carbocycles. The van der Waals surface area contributed by atoms with Crippen LogP contribution in [0.3, 0.4) is 0 Å². The number of para-hydroxylation sites is 1. The molecule has 2 rings (SSSR count). The lowest BCUT2D eigenvalue weighted by atomic mass is 10.1. The van der Waals surface area contributed by atoms with Gasteiger partial charge in [0.1, 0.15) is 5.75 Å². The molecule has 20 heavy (non-hydrogen) atoms. The first-order valence-corrected chi connectivity index (χ1v) is 8.09. The smallest absolute Gasteiger partial charge is 0.175 e. The maximum absolute atomic E-state index is 11.3. The van der Waals surface area contributed by atoms with Crippen LogP contribution in [0.4, 0.5) is 0 Å². The summed E-state index contributed by atoms with van der Waals surface area (Å²) in [6.07, 6.45) is 5.65. The highest BCUT2D eigenvalue weighted by atomic mass is 32.2.